The molecule has 1 atom stereocenters. The molecular weight excluding hydrogens is 360 g/mol. The Labute approximate surface area is 171 Å². The van der Waals surface area contributed by atoms with Crippen LogP contribution in [0.4, 0.5) is 11.4 Å². The first-order valence-electron chi connectivity index (χ1n) is 9.99. The van der Waals surface area contributed by atoms with E-state index in [1.165, 1.54) is 11.3 Å². The molecule has 29 heavy (non-hydrogen) atoms. The van der Waals surface area contributed by atoms with Crippen LogP contribution in [0.25, 0.3) is 5.69 Å². The normalized spacial score (nSPS) is 17.9. The Kier molecular flexibility index (Phi) is 4.49. The zero-order valence-electron chi connectivity index (χ0n) is 18.0. The molecule has 0 aliphatic carbocycles. The van der Waals surface area contributed by atoms with Gasteiger partial charge in [-0.15, -0.1) is 0 Å². The third kappa shape index (κ3) is 2.92. The standard InChI is InChI=1S/C24H28N4O/c1-16-22(23(29)28(27(16)6)19-10-8-7-9-11-19)25-15-18-12-13-21-20(14-18)24(3,4)17(2)26(21)5/h7-15,17H,1-6H3/t17-/m0/s1. The Morgan fingerprint density at radius 3 is 2.45 bits per heavy atom. The van der Waals surface area contributed by atoms with Crippen LogP contribution >= 0.6 is 0 Å². The van der Waals surface area contributed by atoms with Crippen molar-refractivity contribution in [3.05, 3.63) is 75.7 Å². The van der Waals surface area contributed by atoms with Gasteiger partial charge in [-0.3, -0.25) is 9.48 Å². The number of anilines is 1. The van der Waals surface area contributed by atoms with E-state index in [2.05, 4.69) is 55.9 Å². The van der Waals surface area contributed by atoms with Crippen molar-refractivity contribution in [2.45, 2.75) is 39.2 Å². The van der Waals surface area contributed by atoms with E-state index in [4.69, 9.17) is 0 Å². The average molecular weight is 389 g/mol. The van der Waals surface area contributed by atoms with Crippen LogP contribution in [0, 0.1) is 6.92 Å². The fourth-order valence-electron chi connectivity index (χ4n) is 4.22. The molecule has 1 aliphatic heterocycles. The maximum absolute atomic E-state index is 13.0. The Bertz CT molecular complexity index is 1150. The van der Waals surface area contributed by atoms with Gasteiger partial charge >= 0.3 is 0 Å². The van der Waals surface area contributed by atoms with Crippen LogP contribution in [-0.2, 0) is 12.5 Å². The van der Waals surface area contributed by atoms with Crippen molar-refractivity contribution in [1.82, 2.24) is 9.36 Å². The molecule has 2 aromatic carbocycles. The van der Waals surface area contributed by atoms with E-state index in [0.29, 0.717) is 11.7 Å². The Balaban J connectivity index is 1.74. The number of hydrogen-bond donors (Lipinski definition) is 0. The molecule has 0 radical (unpaired) electrons. The van der Waals surface area contributed by atoms with Gasteiger partial charge in [0.2, 0.25) is 0 Å². The van der Waals surface area contributed by atoms with E-state index >= 15 is 0 Å². The third-order valence-electron chi connectivity index (χ3n) is 6.59. The Morgan fingerprint density at radius 2 is 1.76 bits per heavy atom. The van der Waals surface area contributed by atoms with Gasteiger partial charge in [0.1, 0.15) is 0 Å². The summed E-state index contributed by atoms with van der Waals surface area (Å²) in [5.41, 5.74) is 5.70. The SMILES string of the molecule is Cc1c(N=Cc2ccc3c(c2)C(C)(C)[C@H](C)N3C)c(=O)n(-c2ccccc2)n1C. The van der Waals surface area contributed by atoms with Gasteiger partial charge in [0, 0.05) is 37.5 Å². The van der Waals surface area contributed by atoms with E-state index in [9.17, 15) is 4.79 Å². The van der Waals surface area contributed by atoms with Gasteiger partial charge in [-0.05, 0) is 49.2 Å². The number of aliphatic imine (C=N–C) groups is 1. The lowest BCUT2D eigenvalue weighted by molar-refractivity contribution is 0.454. The summed E-state index contributed by atoms with van der Waals surface area (Å²) >= 11 is 0. The molecule has 150 valence electrons. The first-order chi connectivity index (χ1) is 13.7. The van der Waals surface area contributed by atoms with Gasteiger partial charge in [0.15, 0.2) is 5.69 Å². The number of likely N-dealkylation sites (N-methyl/N-ethyl adjacent to an activating group) is 1. The number of hydrogen-bond acceptors (Lipinski definition) is 3. The monoisotopic (exact) mass is 388 g/mol. The van der Waals surface area contributed by atoms with Crippen LogP contribution in [0.2, 0.25) is 0 Å². The summed E-state index contributed by atoms with van der Waals surface area (Å²) in [7, 11) is 4.03. The van der Waals surface area contributed by atoms with E-state index in [0.717, 1.165) is 16.9 Å². The second-order valence-corrected chi connectivity index (χ2v) is 8.45. The smallest absolute Gasteiger partial charge is 0.297 e. The lowest BCUT2D eigenvalue weighted by atomic mass is 9.81. The van der Waals surface area contributed by atoms with E-state index in [1.807, 2.05) is 49.0 Å². The molecule has 5 nitrogen and oxygen atoms in total. The summed E-state index contributed by atoms with van der Waals surface area (Å²) in [5, 5.41) is 0. The number of benzene rings is 2. The molecule has 0 N–H and O–H groups in total. The molecule has 0 spiro atoms. The topological polar surface area (TPSA) is 42.5 Å². The molecule has 1 aromatic heterocycles. The lowest BCUT2D eigenvalue weighted by Gasteiger charge is -2.28. The summed E-state index contributed by atoms with van der Waals surface area (Å²) in [6, 6.07) is 16.5. The molecule has 0 saturated carbocycles. The zero-order valence-corrected chi connectivity index (χ0v) is 18.0. The molecule has 5 heteroatoms. The average Bonchev–Trinajstić information content (AvgIpc) is 3.03. The van der Waals surface area contributed by atoms with Crippen molar-refractivity contribution in [3.8, 4) is 5.69 Å². The second-order valence-electron chi connectivity index (χ2n) is 8.45. The van der Waals surface area contributed by atoms with Gasteiger partial charge in [0.25, 0.3) is 5.56 Å². The van der Waals surface area contributed by atoms with Gasteiger partial charge in [-0.1, -0.05) is 38.1 Å². The third-order valence-corrected chi connectivity index (χ3v) is 6.59. The highest BCUT2D eigenvalue weighted by Crippen LogP contribution is 2.44. The molecule has 0 bridgehead atoms. The predicted molar refractivity (Wildman–Crippen MR) is 120 cm³/mol. The first kappa shape index (κ1) is 19.2. The molecule has 0 saturated heterocycles. The van der Waals surface area contributed by atoms with Crippen LogP contribution in [0.15, 0.2) is 58.3 Å². The van der Waals surface area contributed by atoms with Crippen molar-refractivity contribution in [3.63, 3.8) is 0 Å². The number of rotatable bonds is 3. The van der Waals surface area contributed by atoms with Crippen LogP contribution in [0.1, 0.15) is 37.6 Å². The highest BCUT2D eigenvalue weighted by molar-refractivity contribution is 5.84. The largest absolute Gasteiger partial charge is 0.371 e. The number of nitrogens with zero attached hydrogens (tertiary/aromatic N) is 4. The fraction of sp³-hybridized carbons (Fsp3) is 0.333. The van der Waals surface area contributed by atoms with E-state index in [1.54, 1.807) is 10.9 Å². The number of para-hydroxylation sites is 1. The van der Waals surface area contributed by atoms with Gasteiger partial charge in [0.05, 0.1) is 11.4 Å². The zero-order chi connectivity index (χ0) is 20.9. The number of fused-ring (bicyclic) bond motifs is 1. The Morgan fingerprint density at radius 1 is 1.07 bits per heavy atom. The lowest BCUT2D eigenvalue weighted by Crippen LogP contribution is -2.36. The highest BCUT2D eigenvalue weighted by atomic mass is 16.1. The first-order valence-corrected chi connectivity index (χ1v) is 9.99. The van der Waals surface area contributed by atoms with Crippen LogP contribution in [-0.4, -0.2) is 28.7 Å². The minimum Gasteiger partial charge on any atom is -0.371 e. The summed E-state index contributed by atoms with van der Waals surface area (Å²) in [5.74, 6) is 0. The van der Waals surface area contributed by atoms with E-state index < -0.39 is 0 Å². The van der Waals surface area contributed by atoms with Crippen LogP contribution < -0.4 is 10.5 Å². The quantitative estimate of drug-likeness (QED) is 0.626. The highest BCUT2D eigenvalue weighted by Gasteiger charge is 2.40. The van der Waals surface area contributed by atoms with Crippen molar-refractivity contribution >= 4 is 17.6 Å². The summed E-state index contributed by atoms with van der Waals surface area (Å²) in [4.78, 5) is 20.0. The molecule has 2 heterocycles. The summed E-state index contributed by atoms with van der Waals surface area (Å²) in [6.45, 7) is 8.74. The summed E-state index contributed by atoms with van der Waals surface area (Å²) < 4.78 is 3.51. The maximum atomic E-state index is 13.0. The molecular formula is C24H28N4O. The van der Waals surface area contributed by atoms with Gasteiger partial charge in [-0.2, -0.15) is 0 Å². The van der Waals surface area contributed by atoms with E-state index in [-0.39, 0.29) is 11.0 Å². The molecule has 4 rings (SSSR count). The van der Waals surface area contributed by atoms with Gasteiger partial charge < -0.3 is 4.90 Å². The summed E-state index contributed by atoms with van der Waals surface area (Å²) in [6.07, 6.45) is 1.80. The minimum atomic E-state index is -0.109. The van der Waals surface area contributed by atoms with Crippen molar-refractivity contribution < 1.29 is 0 Å². The molecule has 0 fully saturated rings. The van der Waals surface area contributed by atoms with Gasteiger partial charge in [-0.25, -0.2) is 9.67 Å². The van der Waals surface area contributed by atoms with Crippen molar-refractivity contribution in [1.29, 1.82) is 0 Å². The van der Waals surface area contributed by atoms with Crippen molar-refractivity contribution in [2.75, 3.05) is 11.9 Å². The second kappa shape index (κ2) is 6.76. The predicted octanol–water partition coefficient (Wildman–Crippen LogP) is 4.35. The molecule has 0 amide bonds. The molecule has 0 unspecified atom stereocenters. The fourth-order valence-corrected chi connectivity index (χ4v) is 4.22. The number of aromatic nitrogens is 2. The Hall–Kier alpha value is -3.08. The molecule has 1 aliphatic rings. The van der Waals surface area contributed by atoms with Crippen LogP contribution in [0.3, 0.4) is 0 Å². The molecule has 3 aromatic rings. The van der Waals surface area contributed by atoms with Crippen LogP contribution in [0.5, 0.6) is 0 Å². The minimum absolute atomic E-state index is 0.0661. The maximum Gasteiger partial charge on any atom is 0.297 e. The van der Waals surface area contributed by atoms with Crippen molar-refractivity contribution in [2.24, 2.45) is 12.0 Å².